The van der Waals surface area contributed by atoms with Gasteiger partial charge in [-0.3, -0.25) is 4.79 Å². The molecule has 1 aromatic heterocycles. The molecule has 1 heterocycles. The van der Waals surface area contributed by atoms with Crippen LogP contribution in [0.5, 0.6) is 0 Å². The number of carboxylic acid groups (broad SMARTS) is 1. The van der Waals surface area contributed by atoms with E-state index in [0.29, 0.717) is 6.42 Å². The van der Waals surface area contributed by atoms with Gasteiger partial charge in [-0.15, -0.1) is 0 Å². The molecule has 4 nitrogen and oxygen atoms in total. The fourth-order valence-electron chi connectivity index (χ4n) is 2.51. The Balaban J connectivity index is 2.02. The summed E-state index contributed by atoms with van der Waals surface area (Å²) >= 11 is 3.43. The number of hydrogen-bond acceptors (Lipinski definition) is 2. The number of aromatic nitrogens is 2. The lowest BCUT2D eigenvalue weighted by molar-refractivity contribution is -0.136. The van der Waals surface area contributed by atoms with E-state index in [0.717, 1.165) is 27.0 Å². The van der Waals surface area contributed by atoms with E-state index in [1.807, 2.05) is 66.3 Å². The van der Waals surface area contributed by atoms with Crippen molar-refractivity contribution in [1.29, 1.82) is 0 Å². The normalized spacial score (nSPS) is 10.8. The summed E-state index contributed by atoms with van der Waals surface area (Å²) in [5.74, 6) is -0.806. The number of aliphatic carboxylic acids is 1. The van der Waals surface area contributed by atoms with Gasteiger partial charge in [-0.25, -0.2) is 4.68 Å². The van der Waals surface area contributed by atoms with Gasteiger partial charge in [0.05, 0.1) is 11.4 Å². The summed E-state index contributed by atoms with van der Waals surface area (Å²) in [7, 11) is 0. The van der Waals surface area contributed by atoms with E-state index in [-0.39, 0.29) is 6.42 Å². The van der Waals surface area contributed by atoms with E-state index >= 15 is 0 Å². The third-order valence-corrected chi connectivity index (χ3v) is 4.34. The van der Waals surface area contributed by atoms with Gasteiger partial charge in [0, 0.05) is 22.7 Å². The quantitative estimate of drug-likeness (QED) is 0.697. The van der Waals surface area contributed by atoms with Crippen molar-refractivity contribution in [2.24, 2.45) is 0 Å². The van der Waals surface area contributed by atoms with Gasteiger partial charge in [0.25, 0.3) is 0 Å². The third kappa shape index (κ3) is 3.74. The van der Waals surface area contributed by atoms with Crippen LogP contribution in [-0.2, 0) is 11.2 Å². The first-order chi connectivity index (χ1) is 11.5. The van der Waals surface area contributed by atoms with Crippen molar-refractivity contribution in [3.8, 4) is 16.9 Å². The Labute approximate surface area is 148 Å². The zero-order valence-corrected chi connectivity index (χ0v) is 14.8. The molecule has 2 aromatic carbocycles. The van der Waals surface area contributed by atoms with Gasteiger partial charge in [-0.05, 0) is 43.2 Å². The van der Waals surface area contributed by atoms with Crippen LogP contribution in [0, 0.1) is 6.92 Å². The van der Waals surface area contributed by atoms with E-state index in [1.54, 1.807) is 0 Å². The number of nitrogens with zero attached hydrogens (tertiary/aromatic N) is 2. The molecule has 0 saturated carbocycles. The van der Waals surface area contributed by atoms with Gasteiger partial charge >= 0.3 is 5.97 Å². The minimum absolute atomic E-state index is 0.0864. The molecule has 24 heavy (non-hydrogen) atoms. The first kappa shape index (κ1) is 16.5. The second-order valence-electron chi connectivity index (χ2n) is 5.68. The zero-order chi connectivity index (χ0) is 17.1. The Morgan fingerprint density at radius 3 is 2.42 bits per heavy atom. The Bertz CT molecular complexity index is 852. The molecule has 0 unspecified atom stereocenters. The molecular weight excluding hydrogens is 368 g/mol. The maximum Gasteiger partial charge on any atom is 0.303 e. The highest BCUT2D eigenvalue weighted by molar-refractivity contribution is 9.10. The number of rotatable bonds is 5. The predicted molar refractivity (Wildman–Crippen MR) is 97.4 cm³/mol. The van der Waals surface area contributed by atoms with Crippen LogP contribution in [0.2, 0.25) is 0 Å². The van der Waals surface area contributed by atoms with Gasteiger partial charge in [-0.1, -0.05) is 45.8 Å². The number of benzene rings is 2. The highest BCUT2D eigenvalue weighted by Gasteiger charge is 2.13. The van der Waals surface area contributed by atoms with E-state index in [1.165, 1.54) is 5.56 Å². The summed E-state index contributed by atoms with van der Waals surface area (Å²) in [6, 6.07) is 16.0. The molecule has 0 amide bonds. The molecule has 3 aromatic rings. The van der Waals surface area contributed by atoms with Crippen molar-refractivity contribution >= 4 is 21.9 Å². The minimum atomic E-state index is -0.806. The highest BCUT2D eigenvalue weighted by atomic mass is 79.9. The lowest BCUT2D eigenvalue weighted by Gasteiger charge is -2.02. The Morgan fingerprint density at radius 1 is 1.12 bits per heavy atom. The van der Waals surface area contributed by atoms with Crippen LogP contribution < -0.4 is 0 Å². The standard InChI is InChI=1S/C19H17BrN2O2/c1-13-2-9-17(10-3-13)22-12-15(6-11-18(23)24)19(21-22)14-4-7-16(20)8-5-14/h2-5,7-10,12H,6,11H2,1H3,(H,23,24). The molecule has 1 N–H and O–H groups in total. The molecule has 0 spiro atoms. The molecule has 0 saturated heterocycles. The first-order valence-electron chi connectivity index (χ1n) is 7.66. The summed E-state index contributed by atoms with van der Waals surface area (Å²) in [5.41, 5.74) is 4.87. The molecule has 5 heteroatoms. The smallest absolute Gasteiger partial charge is 0.303 e. The van der Waals surface area contributed by atoms with Crippen LogP contribution in [0.4, 0.5) is 0 Å². The summed E-state index contributed by atoms with van der Waals surface area (Å²) in [4.78, 5) is 10.9. The van der Waals surface area contributed by atoms with Crippen molar-refractivity contribution in [1.82, 2.24) is 9.78 Å². The summed E-state index contributed by atoms with van der Waals surface area (Å²) in [6.07, 6.45) is 2.46. The molecule has 3 rings (SSSR count). The van der Waals surface area contributed by atoms with Crippen LogP contribution >= 0.6 is 15.9 Å². The van der Waals surface area contributed by atoms with Crippen molar-refractivity contribution in [3.63, 3.8) is 0 Å². The predicted octanol–water partition coefficient (Wildman–Crippen LogP) is 4.63. The monoisotopic (exact) mass is 384 g/mol. The Morgan fingerprint density at radius 2 is 1.79 bits per heavy atom. The Kier molecular flexibility index (Phi) is 4.81. The van der Waals surface area contributed by atoms with Gasteiger partial charge < -0.3 is 5.11 Å². The number of hydrogen-bond donors (Lipinski definition) is 1. The second-order valence-corrected chi connectivity index (χ2v) is 6.60. The topological polar surface area (TPSA) is 55.1 Å². The lowest BCUT2D eigenvalue weighted by Crippen LogP contribution is -1.97. The fraction of sp³-hybridized carbons (Fsp3) is 0.158. The molecule has 0 bridgehead atoms. The number of aryl methyl sites for hydroxylation is 2. The van der Waals surface area contributed by atoms with Gasteiger partial charge in [-0.2, -0.15) is 5.10 Å². The van der Waals surface area contributed by atoms with Crippen molar-refractivity contribution in [2.75, 3.05) is 0 Å². The zero-order valence-electron chi connectivity index (χ0n) is 13.2. The van der Waals surface area contributed by atoms with E-state index < -0.39 is 5.97 Å². The van der Waals surface area contributed by atoms with Crippen molar-refractivity contribution in [3.05, 3.63) is 70.3 Å². The molecule has 122 valence electrons. The average Bonchev–Trinajstić information content (AvgIpc) is 2.98. The maximum absolute atomic E-state index is 10.9. The number of halogens is 1. The SMILES string of the molecule is Cc1ccc(-n2cc(CCC(=O)O)c(-c3ccc(Br)cc3)n2)cc1. The molecule has 0 aliphatic heterocycles. The molecule has 0 atom stereocenters. The molecular formula is C19H17BrN2O2. The molecule has 0 fully saturated rings. The van der Waals surface area contributed by atoms with E-state index in [9.17, 15) is 4.79 Å². The third-order valence-electron chi connectivity index (χ3n) is 3.81. The number of carbonyl (C=O) groups is 1. The van der Waals surface area contributed by atoms with Crippen LogP contribution in [0.15, 0.2) is 59.2 Å². The Hall–Kier alpha value is -2.40. The molecule has 0 aliphatic carbocycles. The fourth-order valence-corrected chi connectivity index (χ4v) is 2.78. The summed E-state index contributed by atoms with van der Waals surface area (Å²) in [5, 5.41) is 13.7. The molecule has 0 radical (unpaired) electrons. The first-order valence-corrected chi connectivity index (χ1v) is 8.45. The second kappa shape index (κ2) is 7.01. The maximum atomic E-state index is 10.9. The summed E-state index contributed by atoms with van der Waals surface area (Å²) < 4.78 is 2.81. The molecule has 0 aliphatic rings. The highest BCUT2D eigenvalue weighted by Crippen LogP contribution is 2.26. The van der Waals surface area contributed by atoms with E-state index in [4.69, 9.17) is 10.2 Å². The van der Waals surface area contributed by atoms with Gasteiger partial charge in [0.2, 0.25) is 0 Å². The lowest BCUT2D eigenvalue weighted by atomic mass is 10.0. The minimum Gasteiger partial charge on any atom is -0.481 e. The van der Waals surface area contributed by atoms with Gasteiger partial charge in [0.15, 0.2) is 0 Å². The van der Waals surface area contributed by atoms with Crippen molar-refractivity contribution < 1.29 is 9.90 Å². The van der Waals surface area contributed by atoms with Crippen LogP contribution in [-0.4, -0.2) is 20.9 Å². The largest absolute Gasteiger partial charge is 0.481 e. The van der Waals surface area contributed by atoms with Crippen LogP contribution in [0.3, 0.4) is 0 Å². The van der Waals surface area contributed by atoms with E-state index in [2.05, 4.69) is 15.9 Å². The van der Waals surface area contributed by atoms with Crippen LogP contribution in [0.1, 0.15) is 17.5 Å². The average molecular weight is 385 g/mol. The van der Waals surface area contributed by atoms with Crippen molar-refractivity contribution in [2.45, 2.75) is 19.8 Å². The van der Waals surface area contributed by atoms with Crippen LogP contribution in [0.25, 0.3) is 16.9 Å². The number of carboxylic acids is 1. The van der Waals surface area contributed by atoms with Gasteiger partial charge in [0.1, 0.15) is 0 Å². The summed E-state index contributed by atoms with van der Waals surface area (Å²) in [6.45, 7) is 2.04.